The van der Waals surface area contributed by atoms with Crippen molar-refractivity contribution in [2.75, 3.05) is 0 Å². The molecular weight excluding hydrogens is 140 g/mol. The van der Waals surface area contributed by atoms with Crippen molar-refractivity contribution in [3.63, 3.8) is 0 Å². The van der Waals surface area contributed by atoms with Crippen molar-refractivity contribution in [1.82, 2.24) is 0 Å². The van der Waals surface area contributed by atoms with Gasteiger partial charge in [-0.15, -0.1) is 0 Å². The molecule has 0 saturated carbocycles. The number of aliphatic imine (C=N–C) groups is 1. The lowest BCUT2D eigenvalue weighted by Gasteiger charge is -2.04. The number of carbonyl (C=O) groups excluding carboxylic acids is 1. The van der Waals surface area contributed by atoms with E-state index in [1.165, 1.54) is 6.21 Å². The van der Waals surface area contributed by atoms with Crippen molar-refractivity contribution in [3.05, 3.63) is 23.5 Å². The van der Waals surface area contributed by atoms with Crippen LogP contribution < -0.4 is 5.73 Å². The van der Waals surface area contributed by atoms with Gasteiger partial charge in [0, 0.05) is 17.7 Å². The van der Waals surface area contributed by atoms with E-state index in [9.17, 15) is 4.79 Å². The number of allylic oxidation sites excluding steroid dienone is 3. The third kappa shape index (κ3) is 1.55. The molecule has 58 valence electrons. The van der Waals surface area contributed by atoms with Gasteiger partial charge < -0.3 is 5.73 Å². The van der Waals surface area contributed by atoms with Gasteiger partial charge in [0.25, 0.3) is 0 Å². The third-order valence-corrected chi connectivity index (χ3v) is 1.63. The summed E-state index contributed by atoms with van der Waals surface area (Å²) < 4.78 is 0. The summed E-state index contributed by atoms with van der Waals surface area (Å²) in [6.07, 6.45) is 5.75. The Bertz CT molecular complexity index is 251. The van der Waals surface area contributed by atoms with Crippen molar-refractivity contribution >= 4 is 12.5 Å². The standard InChI is InChI=1S/C8H10N2O/c1-6-2-3-10-4-8(9)7(6)5-11/h2-6H,9H2,1H3. The molecule has 1 unspecified atom stereocenters. The number of nitrogens with zero attached hydrogens (tertiary/aromatic N) is 1. The van der Waals surface area contributed by atoms with Crippen molar-refractivity contribution in [3.8, 4) is 0 Å². The van der Waals surface area contributed by atoms with E-state index in [0.717, 1.165) is 6.29 Å². The van der Waals surface area contributed by atoms with Gasteiger partial charge in [0.05, 0.1) is 11.9 Å². The summed E-state index contributed by atoms with van der Waals surface area (Å²) in [6.45, 7) is 1.90. The van der Waals surface area contributed by atoms with Crippen LogP contribution in [0.15, 0.2) is 28.5 Å². The Balaban J connectivity index is 3.05. The molecule has 11 heavy (non-hydrogen) atoms. The van der Waals surface area contributed by atoms with Crippen LogP contribution in [-0.4, -0.2) is 12.5 Å². The number of aldehydes is 1. The first-order chi connectivity index (χ1) is 5.25. The van der Waals surface area contributed by atoms with E-state index in [0.29, 0.717) is 11.3 Å². The van der Waals surface area contributed by atoms with E-state index in [1.54, 1.807) is 6.20 Å². The molecule has 2 N–H and O–H groups in total. The monoisotopic (exact) mass is 150 g/mol. The fourth-order valence-corrected chi connectivity index (χ4v) is 0.919. The second-order valence-electron chi connectivity index (χ2n) is 2.44. The lowest BCUT2D eigenvalue weighted by Crippen LogP contribution is -2.08. The molecule has 0 bridgehead atoms. The van der Waals surface area contributed by atoms with Crippen LogP contribution >= 0.6 is 0 Å². The molecule has 0 saturated heterocycles. The summed E-state index contributed by atoms with van der Waals surface area (Å²) in [5.41, 5.74) is 6.59. The van der Waals surface area contributed by atoms with Crippen LogP contribution in [0.3, 0.4) is 0 Å². The van der Waals surface area contributed by atoms with E-state index < -0.39 is 0 Å². The van der Waals surface area contributed by atoms with Gasteiger partial charge in [-0.25, -0.2) is 0 Å². The molecule has 0 aliphatic carbocycles. The van der Waals surface area contributed by atoms with Crippen LogP contribution in [0, 0.1) is 5.92 Å². The van der Waals surface area contributed by atoms with Gasteiger partial charge in [-0.2, -0.15) is 0 Å². The summed E-state index contributed by atoms with van der Waals surface area (Å²) in [5, 5.41) is 0. The van der Waals surface area contributed by atoms with E-state index in [-0.39, 0.29) is 5.92 Å². The quantitative estimate of drug-likeness (QED) is 0.557. The Labute approximate surface area is 65.3 Å². The largest absolute Gasteiger partial charge is 0.397 e. The molecule has 0 aromatic rings. The van der Waals surface area contributed by atoms with Crippen molar-refractivity contribution < 1.29 is 4.79 Å². The van der Waals surface area contributed by atoms with Crippen LogP contribution in [0.1, 0.15) is 6.92 Å². The molecular formula is C8H10N2O. The van der Waals surface area contributed by atoms with Gasteiger partial charge in [-0.1, -0.05) is 13.0 Å². The average molecular weight is 150 g/mol. The highest BCUT2D eigenvalue weighted by atomic mass is 16.1. The Hall–Kier alpha value is -1.38. The van der Waals surface area contributed by atoms with E-state index in [4.69, 9.17) is 5.73 Å². The number of hydrogen-bond acceptors (Lipinski definition) is 3. The van der Waals surface area contributed by atoms with Crippen molar-refractivity contribution in [1.29, 1.82) is 0 Å². The molecule has 1 atom stereocenters. The summed E-state index contributed by atoms with van der Waals surface area (Å²) in [7, 11) is 0. The predicted molar refractivity (Wildman–Crippen MR) is 44.1 cm³/mol. The summed E-state index contributed by atoms with van der Waals surface area (Å²) in [5.74, 6) is 0.0648. The van der Waals surface area contributed by atoms with Gasteiger partial charge >= 0.3 is 0 Å². The maximum atomic E-state index is 10.5. The first kappa shape index (κ1) is 7.72. The predicted octanol–water partition coefficient (Wildman–Crippen LogP) is 0.632. The fourth-order valence-electron chi connectivity index (χ4n) is 0.919. The smallest absolute Gasteiger partial charge is 0.148 e. The zero-order valence-corrected chi connectivity index (χ0v) is 6.32. The summed E-state index contributed by atoms with van der Waals surface area (Å²) in [6, 6.07) is 0. The molecule has 1 heterocycles. The van der Waals surface area contributed by atoms with Crippen LogP contribution in [0.2, 0.25) is 0 Å². The first-order valence-corrected chi connectivity index (χ1v) is 3.40. The maximum Gasteiger partial charge on any atom is 0.148 e. The molecule has 0 aromatic carbocycles. The minimum absolute atomic E-state index is 0.0648. The minimum atomic E-state index is 0.0648. The average Bonchev–Trinajstić information content (AvgIpc) is 2.12. The van der Waals surface area contributed by atoms with E-state index in [1.807, 2.05) is 13.0 Å². The van der Waals surface area contributed by atoms with Gasteiger partial charge in [-0.3, -0.25) is 9.79 Å². The molecule has 0 aromatic heterocycles. The topological polar surface area (TPSA) is 55.4 Å². The first-order valence-electron chi connectivity index (χ1n) is 3.40. The van der Waals surface area contributed by atoms with Crippen molar-refractivity contribution in [2.45, 2.75) is 6.92 Å². The Morgan fingerprint density at radius 2 is 2.45 bits per heavy atom. The lowest BCUT2D eigenvalue weighted by molar-refractivity contribution is -0.105. The van der Waals surface area contributed by atoms with E-state index in [2.05, 4.69) is 4.99 Å². The van der Waals surface area contributed by atoms with Crippen molar-refractivity contribution in [2.24, 2.45) is 16.6 Å². The van der Waals surface area contributed by atoms with Gasteiger partial charge in [0.1, 0.15) is 6.29 Å². The number of carbonyl (C=O) groups is 1. The second kappa shape index (κ2) is 3.14. The SMILES string of the molecule is CC1C=CN=CC(N)=C1C=O. The molecule has 1 aliphatic rings. The van der Waals surface area contributed by atoms with Crippen LogP contribution in [0.25, 0.3) is 0 Å². The van der Waals surface area contributed by atoms with Crippen LogP contribution in [-0.2, 0) is 4.79 Å². The highest BCUT2D eigenvalue weighted by molar-refractivity contribution is 5.89. The molecule has 1 aliphatic heterocycles. The van der Waals surface area contributed by atoms with Crippen LogP contribution in [0.5, 0.6) is 0 Å². The second-order valence-corrected chi connectivity index (χ2v) is 2.44. The van der Waals surface area contributed by atoms with Gasteiger partial charge in [-0.05, 0) is 0 Å². The Morgan fingerprint density at radius 3 is 3.09 bits per heavy atom. The molecule has 0 amide bonds. The number of hydrogen-bond donors (Lipinski definition) is 1. The lowest BCUT2D eigenvalue weighted by atomic mass is 10.0. The number of nitrogens with two attached hydrogens (primary N) is 1. The normalized spacial score (nSPS) is 23.5. The zero-order chi connectivity index (χ0) is 8.27. The zero-order valence-electron chi connectivity index (χ0n) is 6.32. The van der Waals surface area contributed by atoms with E-state index >= 15 is 0 Å². The minimum Gasteiger partial charge on any atom is -0.397 e. The Morgan fingerprint density at radius 1 is 1.73 bits per heavy atom. The summed E-state index contributed by atoms with van der Waals surface area (Å²) in [4.78, 5) is 14.4. The summed E-state index contributed by atoms with van der Waals surface area (Å²) >= 11 is 0. The molecule has 1 rings (SSSR count). The number of rotatable bonds is 1. The van der Waals surface area contributed by atoms with Crippen LogP contribution in [0.4, 0.5) is 0 Å². The molecule has 0 fully saturated rings. The molecule has 0 radical (unpaired) electrons. The molecule has 3 nitrogen and oxygen atoms in total. The fraction of sp³-hybridized carbons (Fsp3) is 0.250. The highest BCUT2D eigenvalue weighted by Gasteiger charge is 2.09. The van der Waals surface area contributed by atoms with Gasteiger partial charge in [0.2, 0.25) is 0 Å². The third-order valence-electron chi connectivity index (χ3n) is 1.63. The molecule has 0 spiro atoms. The highest BCUT2D eigenvalue weighted by Crippen LogP contribution is 2.13. The Kier molecular flexibility index (Phi) is 2.21. The van der Waals surface area contributed by atoms with Gasteiger partial charge in [0.15, 0.2) is 0 Å². The molecule has 3 heteroatoms. The maximum absolute atomic E-state index is 10.5.